The lowest BCUT2D eigenvalue weighted by molar-refractivity contribution is -0.141. The molecule has 0 radical (unpaired) electrons. The highest BCUT2D eigenvalue weighted by Gasteiger charge is 2.13. The van der Waals surface area contributed by atoms with Gasteiger partial charge in [0.2, 0.25) is 5.91 Å². The highest BCUT2D eigenvalue weighted by molar-refractivity contribution is 8.00. The molecule has 0 saturated heterocycles. The molecule has 6 heteroatoms. The number of ether oxygens (including phenoxy) is 1. The van der Waals surface area contributed by atoms with Crippen LogP contribution in [0.1, 0.15) is 19.8 Å². The lowest BCUT2D eigenvalue weighted by Crippen LogP contribution is -2.34. The van der Waals surface area contributed by atoms with Crippen molar-refractivity contribution in [2.75, 3.05) is 25.2 Å². The highest BCUT2D eigenvalue weighted by atomic mass is 32.2. The first-order valence-electron chi connectivity index (χ1n) is 5.29. The maximum atomic E-state index is 11.2. The molecule has 0 rings (SSSR count). The van der Waals surface area contributed by atoms with Crippen LogP contribution in [0.3, 0.4) is 0 Å². The lowest BCUT2D eigenvalue weighted by Gasteiger charge is -2.08. The molecule has 1 amide bonds. The molecule has 0 fully saturated rings. The summed E-state index contributed by atoms with van der Waals surface area (Å²) in [4.78, 5) is 22.2. The third-order valence-corrected chi connectivity index (χ3v) is 2.95. The van der Waals surface area contributed by atoms with Gasteiger partial charge in [-0.25, -0.2) is 0 Å². The van der Waals surface area contributed by atoms with Crippen molar-refractivity contribution in [3.8, 4) is 0 Å². The summed E-state index contributed by atoms with van der Waals surface area (Å²) in [6, 6.07) is -0.654. The highest BCUT2D eigenvalue weighted by Crippen LogP contribution is 2.02. The molecule has 0 aliphatic rings. The molecule has 1 unspecified atom stereocenters. The largest absolute Gasteiger partial charge is 0.468 e. The molecule has 0 spiro atoms. The summed E-state index contributed by atoms with van der Waals surface area (Å²) in [7, 11) is 1.30. The molecule has 16 heavy (non-hydrogen) atoms. The fourth-order valence-electron chi connectivity index (χ4n) is 0.954. The third kappa shape index (κ3) is 7.53. The van der Waals surface area contributed by atoms with Crippen molar-refractivity contribution in [3.63, 3.8) is 0 Å². The molecular weight excluding hydrogens is 228 g/mol. The number of esters is 1. The van der Waals surface area contributed by atoms with Gasteiger partial charge in [0.05, 0.1) is 12.9 Å². The number of nitrogens with two attached hydrogens (primary N) is 1. The van der Waals surface area contributed by atoms with E-state index in [1.54, 1.807) is 0 Å². The number of nitrogens with one attached hydrogen (secondary N) is 1. The normalized spacial score (nSPS) is 11.9. The predicted octanol–water partition coefficient (Wildman–Crippen LogP) is 0.136. The zero-order chi connectivity index (χ0) is 12.4. The summed E-state index contributed by atoms with van der Waals surface area (Å²) in [6.45, 7) is 2.77. The molecule has 0 aliphatic carbocycles. The molecular formula is C10H20N2O3S. The van der Waals surface area contributed by atoms with E-state index in [9.17, 15) is 9.59 Å². The van der Waals surface area contributed by atoms with Gasteiger partial charge in [-0.1, -0.05) is 13.3 Å². The molecule has 0 aromatic carbocycles. The van der Waals surface area contributed by atoms with E-state index in [1.165, 1.54) is 18.9 Å². The number of carbonyl (C=O) groups excluding carboxylic acids is 2. The fraction of sp³-hybridized carbons (Fsp3) is 0.800. The summed E-state index contributed by atoms with van der Waals surface area (Å²) in [5.74, 6) is 0.261. The van der Waals surface area contributed by atoms with Gasteiger partial charge < -0.3 is 15.8 Å². The Kier molecular flexibility index (Phi) is 9.03. The molecule has 5 nitrogen and oxygen atoms in total. The van der Waals surface area contributed by atoms with Crippen molar-refractivity contribution in [2.24, 2.45) is 5.73 Å². The Bertz CT molecular complexity index is 224. The third-order valence-electron chi connectivity index (χ3n) is 1.89. The smallest absolute Gasteiger partial charge is 0.323 e. The molecule has 0 aromatic rings. The van der Waals surface area contributed by atoms with Crippen molar-refractivity contribution in [2.45, 2.75) is 25.8 Å². The molecule has 0 aromatic heterocycles. The molecule has 0 heterocycles. The van der Waals surface area contributed by atoms with Crippen LogP contribution in [0.25, 0.3) is 0 Å². The van der Waals surface area contributed by atoms with Crippen molar-refractivity contribution < 1.29 is 14.3 Å². The van der Waals surface area contributed by atoms with Gasteiger partial charge in [-0.2, -0.15) is 0 Å². The Labute approximate surface area is 100 Å². The number of methoxy groups -OCH3 is 1. The van der Waals surface area contributed by atoms with Crippen LogP contribution in [0.5, 0.6) is 0 Å². The quantitative estimate of drug-likeness (QED) is 0.471. The Morgan fingerprint density at radius 3 is 2.75 bits per heavy atom. The number of carbonyl (C=O) groups is 2. The van der Waals surface area contributed by atoms with E-state index < -0.39 is 12.0 Å². The summed E-state index contributed by atoms with van der Waals surface area (Å²) >= 11 is 1.33. The van der Waals surface area contributed by atoms with Gasteiger partial charge in [0.15, 0.2) is 0 Å². The van der Waals surface area contributed by atoms with E-state index in [-0.39, 0.29) is 5.91 Å². The number of unbranched alkanes of at least 4 members (excludes halogenated alkanes) is 1. The standard InChI is InChI=1S/C10H20N2O3S/c1-3-4-5-12-9(13)7-16-6-8(11)10(14)15-2/h8H,3-7,11H2,1-2H3,(H,12,13). The summed E-state index contributed by atoms with van der Waals surface area (Å²) in [5.41, 5.74) is 5.51. The second kappa shape index (κ2) is 9.47. The van der Waals surface area contributed by atoms with E-state index in [2.05, 4.69) is 17.0 Å². The van der Waals surface area contributed by atoms with Gasteiger partial charge >= 0.3 is 5.97 Å². The van der Waals surface area contributed by atoms with E-state index in [4.69, 9.17) is 5.73 Å². The molecule has 0 aliphatic heterocycles. The number of hydrogen-bond acceptors (Lipinski definition) is 5. The summed E-state index contributed by atoms with van der Waals surface area (Å²) in [6.07, 6.45) is 2.04. The van der Waals surface area contributed by atoms with Gasteiger partial charge in [0.25, 0.3) is 0 Å². The number of hydrogen-bond donors (Lipinski definition) is 2. The lowest BCUT2D eigenvalue weighted by atomic mass is 10.3. The predicted molar refractivity (Wildman–Crippen MR) is 65.2 cm³/mol. The van der Waals surface area contributed by atoms with E-state index in [0.29, 0.717) is 18.1 Å². The molecule has 0 bridgehead atoms. The van der Waals surface area contributed by atoms with E-state index in [0.717, 1.165) is 12.8 Å². The van der Waals surface area contributed by atoms with E-state index in [1.807, 2.05) is 0 Å². The second-order valence-electron chi connectivity index (χ2n) is 3.35. The van der Waals surface area contributed by atoms with Gasteiger partial charge in [-0.05, 0) is 6.42 Å². The number of thioether (sulfide) groups is 1. The van der Waals surface area contributed by atoms with Crippen molar-refractivity contribution in [3.05, 3.63) is 0 Å². The van der Waals surface area contributed by atoms with Gasteiger partial charge in [0, 0.05) is 12.3 Å². The first-order valence-corrected chi connectivity index (χ1v) is 6.45. The maximum Gasteiger partial charge on any atom is 0.323 e. The van der Waals surface area contributed by atoms with Gasteiger partial charge in [-0.3, -0.25) is 9.59 Å². The maximum absolute atomic E-state index is 11.2. The Hall–Kier alpha value is -0.750. The Morgan fingerprint density at radius 2 is 2.19 bits per heavy atom. The van der Waals surface area contributed by atoms with Crippen molar-refractivity contribution in [1.29, 1.82) is 0 Å². The zero-order valence-corrected chi connectivity index (χ0v) is 10.6. The molecule has 1 atom stereocenters. The topological polar surface area (TPSA) is 81.4 Å². The van der Waals surface area contributed by atoms with Crippen molar-refractivity contribution >= 4 is 23.6 Å². The average molecular weight is 248 g/mol. The molecule has 3 N–H and O–H groups in total. The van der Waals surface area contributed by atoms with E-state index >= 15 is 0 Å². The molecule has 0 saturated carbocycles. The van der Waals surface area contributed by atoms with Crippen LogP contribution in [-0.4, -0.2) is 43.1 Å². The molecule has 94 valence electrons. The second-order valence-corrected chi connectivity index (χ2v) is 4.38. The van der Waals surface area contributed by atoms with Crippen LogP contribution < -0.4 is 11.1 Å². The summed E-state index contributed by atoms with van der Waals surface area (Å²) < 4.78 is 4.47. The van der Waals surface area contributed by atoms with Crippen LogP contribution in [0.15, 0.2) is 0 Å². The first kappa shape index (κ1) is 15.2. The Morgan fingerprint density at radius 1 is 1.50 bits per heavy atom. The van der Waals surface area contributed by atoms with Crippen LogP contribution in [0.2, 0.25) is 0 Å². The van der Waals surface area contributed by atoms with Crippen LogP contribution in [0.4, 0.5) is 0 Å². The first-order chi connectivity index (χ1) is 7.61. The van der Waals surface area contributed by atoms with Gasteiger partial charge in [-0.15, -0.1) is 11.8 Å². The Balaban J connectivity index is 3.50. The van der Waals surface area contributed by atoms with Crippen LogP contribution in [-0.2, 0) is 14.3 Å². The van der Waals surface area contributed by atoms with Crippen molar-refractivity contribution in [1.82, 2.24) is 5.32 Å². The fourth-order valence-corrected chi connectivity index (χ4v) is 1.75. The SMILES string of the molecule is CCCCNC(=O)CSCC(N)C(=O)OC. The van der Waals surface area contributed by atoms with Crippen LogP contribution in [0, 0.1) is 0 Å². The average Bonchev–Trinajstić information content (AvgIpc) is 2.28. The van der Waals surface area contributed by atoms with Crippen LogP contribution >= 0.6 is 11.8 Å². The minimum atomic E-state index is -0.654. The number of amides is 1. The monoisotopic (exact) mass is 248 g/mol. The summed E-state index contributed by atoms with van der Waals surface area (Å²) in [5, 5.41) is 2.78. The number of rotatable bonds is 8. The minimum absolute atomic E-state index is 0.0180. The minimum Gasteiger partial charge on any atom is -0.468 e. The zero-order valence-electron chi connectivity index (χ0n) is 9.82. The van der Waals surface area contributed by atoms with Gasteiger partial charge in [0.1, 0.15) is 6.04 Å².